The van der Waals surface area contributed by atoms with Crippen molar-refractivity contribution in [2.24, 2.45) is 17.3 Å². The second-order valence-corrected chi connectivity index (χ2v) is 8.68. The van der Waals surface area contributed by atoms with Crippen molar-refractivity contribution in [2.75, 3.05) is 19.8 Å². The fourth-order valence-corrected chi connectivity index (χ4v) is 5.17. The first-order chi connectivity index (χ1) is 9.86. The molecule has 2 saturated heterocycles. The highest BCUT2D eigenvalue weighted by Crippen LogP contribution is 2.52. The molecule has 0 aromatic carbocycles. The van der Waals surface area contributed by atoms with Crippen molar-refractivity contribution in [1.29, 1.82) is 0 Å². The Morgan fingerprint density at radius 2 is 1.86 bits per heavy atom. The number of aliphatic hydroxyl groups is 1. The molecule has 2 aliphatic heterocycles. The highest BCUT2D eigenvalue weighted by atomic mass is 16.6. The van der Waals surface area contributed by atoms with Crippen LogP contribution in [-0.2, 0) is 9.47 Å². The van der Waals surface area contributed by atoms with Crippen molar-refractivity contribution in [1.82, 2.24) is 0 Å². The molecule has 4 unspecified atom stereocenters. The molecule has 3 fully saturated rings. The molecular formula is C18H32O3. The van der Waals surface area contributed by atoms with Crippen molar-refractivity contribution in [3.8, 4) is 0 Å². The molecule has 21 heavy (non-hydrogen) atoms. The maximum absolute atomic E-state index is 11.6. The van der Waals surface area contributed by atoms with Gasteiger partial charge in [-0.2, -0.15) is 0 Å². The van der Waals surface area contributed by atoms with Crippen molar-refractivity contribution in [2.45, 2.75) is 76.9 Å². The first-order valence-electron chi connectivity index (χ1n) is 8.80. The summed E-state index contributed by atoms with van der Waals surface area (Å²) < 4.78 is 11.7. The standard InChI is InChI=1S/C18H32O3/c1-16(2,3)15-6-4-5-8-18(15,19)14-7-10-21-17(12-14)9-11-20-13-17/h14-15,19H,4-13H2,1-3H3. The van der Waals surface area contributed by atoms with Crippen LogP contribution in [0, 0.1) is 17.3 Å². The quantitative estimate of drug-likeness (QED) is 0.804. The van der Waals surface area contributed by atoms with Crippen LogP contribution in [0.2, 0.25) is 0 Å². The Labute approximate surface area is 129 Å². The van der Waals surface area contributed by atoms with Crippen LogP contribution in [0.4, 0.5) is 0 Å². The lowest BCUT2D eigenvalue weighted by Gasteiger charge is -2.53. The lowest BCUT2D eigenvalue weighted by atomic mass is 9.57. The first-order valence-corrected chi connectivity index (χ1v) is 8.80. The molecule has 3 nitrogen and oxygen atoms in total. The van der Waals surface area contributed by atoms with Gasteiger partial charge in [-0.3, -0.25) is 0 Å². The second kappa shape index (κ2) is 5.50. The Morgan fingerprint density at radius 3 is 2.52 bits per heavy atom. The number of rotatable bonds is 1. The summed E-state index contributed by atoms with van der Waals surface area (Å²) in [5, 5.41) is 11.6. The van der Waals surface area contributed by atoms with Crippen molar-refractivity contribution >= 4 is 0 Å². The van der Waals surface area contributed by atoms with Crippen LogP contribution in [0.5, 0.6) is 0 Å². The zero-order valence-electron chi connectivity index (χ0n) is 14.0. The minimum Gasteiger partial charge on any atom is -0.389 e. The Morgan fingerprint density at radius 1 is 1.05 bits per heavy atom. The van der Waals surface area contributed by atoms with E-state index in [-0.39, 0.29) is 11.0 Å². The first kappa shape index (κ1) is 15.8. The lowest BCUT2D eigenvalue weighted by Crippen LogP contribution is -2.56. The molecule has 0 bridgehead atoms. The summed E-state index contributed by atoms with van der Waals surface area (Å²) in [7, 11) is 0. The second-order valence-electron chi connectivity index (χ2n) is 8.68. The van der Waals surface area contributed by atoms with E-state index in [9.17, 15) is 5.11 Å². The van der Waals surface area contributed by atoms with Gasteiger partial charge in [-0.1, -0.05) is 33.6 Å². The SMILES string of the molecule is CC(C)(C)C1CCCCC1(O)C1CCOC2(CCOC2)C1. The molecule has 3 rings (SSSR count). The van der Waals surface area contributed by atoms with Gasteiger partial charge in [0.2, 0.25) is 0 Å². The van der Waals surface area contributed by atoms with E-state index in [0.29, 0.717) is 11.8 Å². The molecule has 0 aromatic rings. The third kappa shape index (κ3) is 2.89. The average molecular weight is 296 g/mol. The van der Waals surface area contributed by atoms with E-state index in [2.05, 4.69) is 20.8 Å². The molecule has 1 saturated carbocycles. The lowest BCUT2D eigenvalue weighted by molar-refractivity contribution is -0.184. The van der Waals surface area contributed by atoms with Crippen LogP contribution in [0.3, 0.4) is 0 Å². The number of ether oxygens (including phenoxy) is 2. The summed E-state index contributed by atoms with van der Waals surface area (Å²) in [6.07, 6.45) is 7.56. The molecule has 1 spiro atoms. The van der Waals surface area contributed by atoms with Crippen molar-refractivity contribution in [3.63, 3.8) is 0 Å². The minimum absolute atomic E-state index is 0.0987. The Hall–Kier alpha value is -0.120. The summed E-state index contributed by atoms with van der Waals surface area (Å²) in [6, 6.07) is 0. The summed E-state index contributed by atoms with van der Waals surface area (Å²) in [6.45, 7) is 9.20. The van der Waals surface area contributed by atoms with E-state index >= 15 is 0 Å². The molecule has 1 aliphatic carbocycles. The number of hydrogen-bond donors (Lipinski definition) is 1. The van der Waals surface area contributed by atoms with Gasteiger partial charge in [-0.25, -0.2) is 0 Å². The molecule has 0 radical (unpaired) electrons. The molecule has 1 N–H and O–H groups in total. The van der Waals surface area contributed by atoms with Crippen LogP contribution in [-0.4, -0.2) is 36.1 Å². The van der Waals surface area contributed by atoms with Gasteiger partial charge in [0.1, 0.15) is 0 Å². The van der Waals surface area contributed by atoms with Gasteiger partial charge in [0.05, 0.1) is 17.8 Å². The van der Waals surface area contributed by atoms with Gasteiger partial charge in [-0.15, -0.1) is 0 Å². The van der Waals surface area contributed by atoms with E-state index in [1.807, 2.05) is 0 Å². The average Bonchev–Trinajstić information content (AvgIpc) is 2.86. The fourth-order valence-electron chi connectivity index (χ4n) is 5.17. The van der Waals surface area contributed by atoms with Crippen LogP contribution in [0.15, 0.2) is 0 Å². The maximum Gasteiger partial charge on any atom is 0.0940 e. The topological polar surface area (TPSA) is 38.7 Å². The summed E-state index contributed by atoms with van der Waals surface area (Å²) in [5.41, 5.74) is -0.429. The molecule has 122 valence electrons. The minimum atomic E-state index is -0.504. The summed E-state index contributed by atoms with van der Waals surface area (Å²) in [5.74, 6) is 0.777. The van der Waals surface area contributed by atoms with Gasteiger partial charge in [-0.05, 0) is 42.9 Å². The largest absolute Gasteiger partial charge is 0.389 e. The maximum atomic E-state index is 11.6. The molecule has 0 aromatic heterocycles. The molecule has 3 heteroatoms. The van der Waals surface area contributed by atoms with E-state index < -0.39 is 5.60 Å². The highest BCUT2D eigenvalue weighted by molar-refractivity contribution is 5.03. The third-order valence-corrected chi connectivity index (χ3v) is 6.24. The zero-order valence-corrected chi connectivity index (χ0v) is 14.0. The van der Waals surface area contributed by atoms with Crippen LogP contribution >= 0.6 is 0 Å². The molecule has 2 heterocycles. The predicted molar refractivity (Wildman–Crippen MR) is 83.2 cm³/mol. The number of hydrogen-bond acceptors (Lipinski definition) is 3. The van der Waals surface area contributed by atoms with Crippen LogP contribution in [0.25, 0.3) is 0 Å². The van der Waals surface area contributed by atoms with Gasteiger partial charge in [0.25, 0.3) is 0 Å². The van der Waals surface area contributed by atoms with Gasteiger partial charge < -0.3 is 14.6 Å². The molecule has 0 amide bonds. The smallest absolute Gasteiger partial charge is 0.0940 e. The Bertz CT molecular complexity index is 367. The monoisotopic (exact) mass is 296 g/mol. The highest BCUT2D eigenvalue weighted by Gasteiger charge is 2.53. The van der Waals surface area contributed by atoms with E-state index in [1.165, 1.54) is 19.3 Å². The Balaban J connectivity index is 1.82. The van der Waals surface area contributed by atoms with E-state index in [0.717, 1.165) is 45.5 Å². The molecule has 3 aliphatic rings. The van der Waals surface area contributed by atoms with E-state index in [1.54, 1.807) is 0 Å². The van der Waals surface area contributed by atoms with Crippen molar-refractivity contribution < 1.29 is 14.6 Å². The normalized spacial score (nSPS) is 45.1. The van der Waals surface area contributed by atoms with Gasteiger partial charge in [0.15, 0.2) is 0 Å². The summed E-state index contributed by atoms with van der Waals surface area (Å²) >= 11 is 0. The van der Waals surface area contributed by atoms with Crippen LogP contribution < -0.4 is 0 Å². The van der Waals surface area contributed by atoms with Crippen LogP contribution in [0.1, 0.15) is 65.7 Å². The zero-order chi connectivity index (χ0) is 15.1. The summed E-state index contributed by atoms with van der Waals surface area (Å²) in [4.78, 5) is 0. The van der Waals surface area contributed by atoms with E-state index in [4.69, 9.17) is 9.47 Å². The van der Waals surface area contributed by atoms with Crippen molar-refractivity contribution in [3.05, 3.63) is 0 Å². The molecular weight excluding hydrogens is 264 g/mol. The van der Waals surface area contributed by atoms with Gasteiger partial charge in [0, 0.05) is 19.6 Å². The van der Waals surface area contributed by atoms with Gasteiger partial charge >= 0.3 is 0 Å². The Kier molecular flexibility index (Phi) is 4.13. The molecule has 4 atom stereocenters. The fraction of sp³-hybridized carbons (Fsp3) is 1.00. The third-order valence-electron chi connectivity index (χ3n) is 6.24. The predicted octanol–water partition coefficient (Wildman–Crippen LogP) is 3.54.